The Balaban J connectivity index is 2.21. The lowest BCUT2D eigenvalue weighted by Gasteiger charge is -2.42. The summed E-state index contributed by atoms with van der Waals surface area (Å²) < 4.78 is 35.7. The van der Waals surface area contributed by atoms with Crippen molar-refractivity contribution in [3.63, 3.8) is 0 Å². The van der Waals surface area contributed by atoms with Gasteiger partial charge in [0.15, 0.2) is 0 Å². The summed E-state index contributed by atoms with van der Waals surface area (Å²) in [6.45, 7) is -1.20. The van der Waals surface area contributed by atoms with Crippen molar-refractivity contribution in [2.45, 2.75) is 36.6 Å². The molecule has 2 rings (SSSR count). The zero-order chi connectivity index (χ0) is 21.4. The lowest BCUT2D eigenvalue weighted by atomic mass is 9.96. The molecule has 1 aliphatic heterocycles. The molecule has 9 heteroatoms. The van der Waals surface area contributed by atoms with Gasteiger partial charge in [-0.25, -0.2) is 0 Å². The number of carboxylic acids is 1. The highest BCUT2D eigenvalue weighted by Crippen LogP contribution is 2.23. The van der Waals surface area contributed by atoms with Crippen LogP contribution in [0.5, 0.6) is 5.75 Å². The minimum Gasteiger partial charge on any atom is -0.508 e. The predicted octanol–water partition coefficient (Wildman–Crippen LogP) is -2.22. The van der Waals surface area contributed by atoms with E-state index in [1.165, 1.54) is 0 Å². The molecule has 0 bridgehead atoms. The van der Waals surface area contributed by atoms with E-state index < -0.39 is 85.6 Å². The van der Waals surface area contributed by atoms with E-state index in [2.05, 4.69) is 5.32 Å². The molecule has 1 heterocycles. The molecule has 1 unspecified atom stereocenters. The SMILES string of the molecule is [2H]c1c([2H])c(C[C@H](NCC2(O)OC[C@@H](O)[C@@H](O)[C@@H]2O)C(=O)O)c([2H])c([2H])c1O. The van der Waals surface area contributed by atoms with Gasteiger partial charge in [-0.15, -0.1) is 0 Å². The van der Waals surface area contributed by atoms with E-state index in [-0.39, 0.29) is 5.56 Å². The Morgan fingerprint density at radius 2 is 2.00 bits per heavy atom. The van der Waals surface area contributed by atoms with E-state index in [4.69, 9.17) is 10.2 Å². The number of aromatic hydroxyl groups is 1. The van der Waals surface area contributed by atoms with E-state index in [1.807, 2.05) is 0 Å². The Labute approximate surface area is 143 Å². The monoisotopic (exact) mass is 347 g/mol. The van der Waals surface area contributed by atoms with E-state index in [9.17, 15) is 35.4 Å². The number of carboxylic acid groups (broad SMARTS) is 1. The van der Waals surface area contributed by atoms with Crippen LogP contribution in [0.25, 0.3) is 0 Å². The zero-order valence-electron chi connectivity index (χ0n) is 16.4. The third-order valence-corrected chi connectivity index (χ3v) is 3.66. The molecule has 0 radical (unpaired) electrons. The molecule has 0 spiro atoms. The number of phenolic OH excluding ortho intramolecular Hbond substituents is 1. The van der Waals surface area contributed by atoms with Crippen molar-refractivity contribution in [2.24, 2.45) is 0 Å². The molecule has 1 aliphatic rings. The summed E-state index contributed by atoms with van der Waals surface area (Å²) in [4.78, 5) is 11.5. The first-order valence-corrected chi connectivity index (χ1v) is 7.05. The number of benzene rings is 1. The second-order valence-electron chi connectivity index (χ2n) is 5.46. The number of rotatable bonds is 6. The van der Waals surface area contributed by atoms with Gasteiger partial charge in [-0.3, -0.25) is 10.1 Å². The van der Waals surface area contributed by atoms with Gasteiger partial charge in [-0.05, 0) is 24.1 Å². The van der Waals surface area contributed by atoms with Crippen LogP contribution < -0.4 is 5.32 Å². The van der Waals surface area contributed by atoms with Gasteiger partial charge in [0.05, 0.1) is 18.6 Å². The number of ether oxygens (including phenoxy) is 1. The van der Waals surface area contributed by atoms with Crippen LogP contribution in [0.2, 0.25) is 0 Å². The highest BCUT2D eigenvalue weighted by molar-refractivity contribution is 5.73. The molecule has 134 valence electrons. The van der Waals surface area contributed by atoms with Crippen LogP contribution >= 0.6 is 0 Å². The average molecular weight is 347 g/mol. The van der Waals surface area contributed by atoms with Crippen molar-refractivity contribution in [3.8, 4) is 5.75 Å². The summed E-state index contributed by atoms with van der Waals surface area (Å²) in [7, 11) is 0. The Morgan fingerprint density at radius 1 is 1.38 bits per heavy atom. The van der Waals surface area contributed by atoms with Crippen LogP contribution in [0.15, 0.2) is 24.2 Å². The largest absolute Gasteiger partial charge is 0.508 e. The number of phenols is 1. The lowest BCUT2D eigenvalue weighted by Crippen LogP contribution is -2.65. The van der Waals surface area contributed by atoms with E-state index in [0.29, 0.717) is 0 Å². The maximum atomic E-state index is 11.5. The van der Waals surface area contributed by atoms with Crippen LogP contribution in [0.1, 0.15) is 11.0 Å². The number of hydrogen-bond acceptors (Lipinski definition) is 8. The normalized spacial score (nSPS) is 33.9. The molecule has 1 saturated heterocycles. The van der Waals surface area contributed by atoms with Crippen molar-refractivity contribution in [1.82, 2.24) is 5.32 Å². The number of aliphatic hydroxyl groups excluding tert-OH is 3. The minimum absolute atomic E-state index is 0.278. The molecule has 5 atom stereocenters. The summed E-state index contributed by atoms with van der Waals surface area (Å²) in [6, 6.07) is -4.19. The fraction of sp³-hybridized carbons (Fsp3) is 0.533. The van der Waals surface area contributed by atoms with Crippen LogP contribution in [0.4, 0.5) is 0 Å². The smallest absolute Gasteiger partial charge is 0.321 e. The van der Waals surface area contributed by atoms with Gasteiger partial charge >= 0.3 is 5.97 Å². The molecule has 9 nitrogen and oxygen atoms in total. The first-order valence-electron chi connectivity index (χ1n) is 9.05. The predicted molar refractivity (Wildman–Crippen MR) is 80.2 cm³/mol. The lowest BCUT2D eigenvalue weighted by molar-refractivity contribution is -0.318. The standard InChI is InChI=1S/C15H21NO8/c17-9-3-1-8(2-4-9)5-10(14(21)22)16-7-15(23)13(20)12(19)11(18)6-24-15/h1-4,10-13,16-20,23H,5-7H2,(H,21,22)/t10-,11+,12+,13-,15?/m0/s1/i1D,2D,3D,4D. The average Bonchev–Trinajstić information content (AvgIpc) is 2.65. The number of nitrogens with one attached hydrogen (secondary N) is 1. The Hall–Kier alpha value is -1.75. The molecule has 1 aromatic rings. The molecule has 0 saturated carbocycles. The van der Waals surface area contributed by atoms with Gasteiger partial charge in [0.25, 0.3) is 0 Å². The van der Waals surface area contributed by atoms with E-state index >= 15 is 0 Å². The number of aliphatic hydroxyl groups is 4. The Bertz CT molecular complexity index is 737. The van der Waals surface area contributed by atoms with Crippen LogP contribution in [-0.4, -0.2) is 79.9 Å². The quantitative estimate of drug-likeness (QED) is 0.302. The fourth-order valence-corrected chi connectivity index (χ4v) is 2.20. The van der Waals surface area contributed by atoms with Crippen LogP contribution in [0.3, 0.4) is 0 Å². The van der Waals surface area contributed by atoms with Gasteiger partial charge in [0, 0.05) is 0 Å². The van der Waals surface area contributed by atoms with Crippen LogP contribution in [0, 0.1) is 0 Å². The molecule has 1 fully saturated rings. The summed E-state index contributed by atoms with van der Waals surface area (Å²) in [5.74, 6) is -4.73. The maximum Gasteiger partial charge on any atom is 0.321 e. The van der Waals surface area contributed by atoms with Gasteiger partial charge in [0.1, 0.15) is 30.1 Å². The Morgan fingerprint density at radius 3 is 2.58 bits per heavy atom. The molecule has 1 aromatic carbocycles. The van der Waals surface area contributed by atoms with Gasteiger partial charge in [-0.2, -0.15) is 0 Å². The minimum atomic E-state index is -2.41. The fourth-order valence-electron chi connectivity index (χ4n) is 2.20. The summed E-state index contributed by atoms with van der Waals surface area (Å²) in [5, 5.41) is 60.6. The summed E-state index contributed by atoms with van der Waals surface area (Å²) >= 11 is 0. The molecule has 0 amide bonds. The number of hydrogen-bond donors (Lipinski definition) is 7. The van der Waals surface area contributed by atoms with Crippen LogP contribution in [-0.2, 0) is 16.0 Å². The zero-order valence-corrected chi connectivity index (χ0v) is 12.4. The Kier molecular flexibility index (Phi) is 4.19. The highest BCUT2D eigenvalue weighted by atomic mass is 16.6. The second kappa shape index (κ2) is 7.43. The first kappa shape index (κ1) is 13.5. The van der Waals surface area contributed by atoms with Gasteiger partial charge in [-0.1, -0.05) is 12.1 Å². The first-order chi connectivity index (χ1) is 12.9. The highest BCUT2D eigenvalue weighted by Gasteiger charge is 2.48. The molecule has 24 heavy (non-hydrogen) atoms. The molecule has 0 aromatic heterocycles. The molecular formula is C15H21NO8. The van der Waals surface area contributed by atoms with E-state index in [1.54, 1.807) is 0 Å². The molecular weight excluding hydrogens is 322 g/mol. The number of aliphatic carboxylic acids is 1. The third-order valence-electron chi connectivity index (χ3n) is 3.66. The maximum absolute atomic E-state index is 11.5. The molecule has 0 aliphatic carbocycles. The topological polar surface area (TPSA) is 160 Å². The van der Waals surface area contributed by atoms with Crippen molar-refractivity contribution in [2.75, 3.05) is 13.2 Å². The van der Waals surface area contributed by atoms with Gasteiger partial charge in [0.2, 0.25) is 5.79 Å². The summed E-state index contributed by atoms with van der Waals surface area (Å²) in [5.41, 5.74) is -0.278. The van der Waals surface area contributed by atoms with Crippen molar-refractivity contribution < 1.29 is 45.7 Å². The third kappa shape index (κ3) is 4.20. The van der Waals surface area contributed by atoms with Crippen molar-refractivity contribution in [3.05, 3.63) is 29.7 Å². The molecule has 7 N–H and O–H groups in total. The van der Waals surface area contributed by atoms with Crippen molar-refractivity contribution >= 4 is 5.97 Å². The second-order valence-corrected chi connectivity index (χ2v) is 5.46. The van der Waals surface area contributed by atoms with E-state index in [0.717, 1.165) is 0 Å². The number of carbonyl (C=O) groups is 1. The van der Waals surface area contributed by atoms with Gasteiger partial charge < -0.3 is 35.4 Å². The van der Waals surface area contributed by atoms with Crippen molar-refractivity contribution in [1.29, 1.82) is 0 Å². The summed E-state index contributed by atoms with van der Waals surface area (Å²) in [6.07, 6.45) is -5.64.